The van der Waals surface area contributed by atoms with Gasteiger partial charge in [-0.2, -0.15) is 0 Å². The van der Waals surface area contributed by atoms with Crippen molar-refractivity contribution >= 4 is 92.5 Å². The first-order valence-electron chi connectivity index (χ1n) is 25.1. The Morgan fingerprint density at radius 1 is 0.558 bits per heavy atom. The molecule has 1 amide bonds. The van der Waals surface area contributed by atoms with E-state index in [-0.39, 0.29) is 30.8 Å². The molecule has 9 aromatic rings. The fourth-order valence-electron chi connectivity index (χ4n) is 10.2. The smallest absolute Gasteiger partial charge is 0.658 e. The summed E-state index contributed by atoms with van der Waals surface area (Å²) in [6.07, 6.45) is 12.7. The number of aromatic nitrogens is 8. The summed E-state index contributed by atoms with van der Waals surface area (Å²) >= 11 is 0. The van der Waals surface area contributed by atoms with Gasteiger partial charge in [-0.05, 0) is 125 Å². The van der Waals surface area contributed by atoms with Crippen LogP contribution in [-0.4, -0.2) is 48.9 Å². The number of hydrogen-bond acceptors (Lipinski definition) is 7. The molecular weight excluding hydrogens is 1010 g/mol. The van der Waals surface area contributed by atoms with Gasteiger partial charge < -0.3 is 30.0 Å². The molecule has 368 valence electrons. The maximum Gasteiger partial charge on any atom is 2.00 e. The number of nitrogens with one attached hydrogen (secondary N) is 3. The van der Waals surface area contributed by atoms with Crippen molar-refractivity contribution in [3.63, 3.8) is 0 Å². The molecule has 13 heteroatoms. The van der Waals surface area contributed by atoms with E-state index in [9.17, 15) is 9.59 Å². The van der Waals surface area contributed by atoms with E-state index in [1.165, 1.54) is 7.11 Å². The van der Waals surface area contributed by atoms with Gasteiger partial charge in [0.1, 0.15) is 0 Å². The molecule has 4 aliphatic rings. The molecule has 77 heavy (non-hydrogen) atoms. The van der Waals surface area contributed by atoms with Crippen LogP contribution in [0.4, 0.5) is 0 Å². The van der Waals surface area contributed by atoms with Crippen molar-refractivity contribution in [2.24, 2.45) is 0 Å². The van der Waals surface area contributed by atoms with Crippen LogP contribution in [0, 0.1) is 0 Å². The van der Waals surface area contributed by atoms with Gasteiger partial charge in [0.15, 0.2) is 0 Å². The van der Waals surface area contributed by atoms with E-state index < -0.39 is 5.97 Å². The zero-order chi connectivity index (χ0) is 51.5. The zero-order valence-corrected chi connectivity index (χ0v) is 45.4. The maximum atomic E-state index is 13.8. The summed E-state index contributed by atoms with van der Waals surface area (Å²) in [5.41, 5.74) is 20.7. The quantitative estimate of drug-likeness (QED) is 0.104. The number of amides is 1. The van der Waals surface area contributed by atoms with E-state index in [0.717, 1.165) is 135 Å². The third-order valence-corrected chi connectivity index (χ3v) is 14.1. The van der Waals surface area contributed by atoms with Crippen molar-refractivity contribution < 1.29 is 33.8 Å². The van der Waals surface area contributed by atoms with Crippen LogP contribution in [0.3, 0.4) is 0 Å². The molecule has 0 unspecified atom stereocenters. The molecule has 0 saturated heterocycles. The minimum atomic E-state index is -0.403. The van der Waals surface area contributed by atoms with Gasteiger partial charge in [-0.3, -0.25) is 9.78 Å². The molecule has 0 atom stereocenters. The van der Waals surface area contributed by atoms with Crippen LogP contribution in [-0.2, 0) is 42.6 Å². The van der Waals surface area contributed by atoms with Crippen LogP contribution in [0.15, 0.2) is 152 Å². The van der Waals surface area contributed by atoms with Gasteiger partial charge in [-0.1, -0.05) is 105 Å². The number of esters is 1. The van der Waals surface area contributed by atoms with Crippen molar-refractivity contribution in [3.05, 3.63) is 214 Å². The van der Waals surface area contributed by atoms with E-state index in [2.05, 4.69) is 71.6 Å². The second kappa shape index (κ2) is 19.8. The second-order valence-corrected chi connectivity index (χ2v) is 19.9. The number of fused-ring (bicyclic) bond motifs is 16. The molecule has 6 aromatic heterocycles. The molecule has 3 aromatic carbocycles. The van der Waals surface area contributed by atoms with E-state index >= 15 is 0 Å². The molecular formula is C64H47N9O3Zn. The second-order valence-electron chi connectivity index (χ2n) is 19.9. The summed E-state index contributed by atoms with van der Waals surface area (Å²) in [6, 6.07) is 49.7. The number of aromatic amines is 2. The number of rotatable bonds is 7. The number of ether oxygens (including phenoxy) is 1. The summed E-state index contributed by atoms with van der Waals surface area (Å²) in [5, 5.41) is 3.14. The molecule has 0 spiro atoms. The number of hydrogen-bond donors (Lipinski definition) is 3. The average Bonchev–Trinajstić information content (AvgIpc) is 4.33. The van der Waals surface area contributed by atoms with Crippen LogP contribution in [0.25, 0.3) is 114 Å². The molecule has 0 radical (unpaired) electrons. The van der Waals surface area contributed by atoms with Crippen molar-refractivity contribution in [1.82, 2.24) is 45.2 Å². The summed E-state index contributed by atoms with van der Waals surface area (Å²) in [6.45, 7) is 4.77. The molecule has 0 fully saturated rings. The molecule has 3 N–H and O–H groups in total. The number of methoxy groups -OCH3 is 1. The van der Waals surface area contributed by atoms with Crippen molar-refractivity contribution in [2.75, 3.05) is 7.11 Å². The van der Waals surface area contributed by atoms with Gasteiger partial charge in [-0.25, -0.2) is 19.7 Å². The Balaban J connectivity index is 0.00000596. The van der Waals surface area contributed by atoms with E-state index in [1.807, 2.05) is 134 Å². The topological polar surface area (TPSA) is 167 Å². The van der Waals surface area contributed by atoms with Crippen LogP contribution >= 0.6 is 0 Å². The Labute approximate surface area is 455 Å². The largest absolute Gasteiger partial charge is 2.00 e. The van der Waals surface area contributed by atoms with Crippen molar-refractivity contribution in [3.8, 4) is 33.4 Å². The van der Waals surface area contributed by atoms with Crippen LogP contribution < -0.4 is 15.3 Å². The minimum absolute atomic E-state index is 0. The van der Waals surface area contributed by atoms with Crippen molar-refractivity contribution in [2.45, 2.75) is 32.2 Å². The molecule has 12 nitrogen and oxygen atoms in total. The standard InChI is InChI=1S/C64H49N9O3.Zn/c1-64(2)35-52-32-57-53(34-58(73-57)61(40-10-14-42(15-11-40)63(75)76-3)56-27-24-50(71-56)31-47-20-21-51(68-47)33-59(64)72-52)38-6-4-37(5-7-38)36-65-62(74)41-12-8-39(9-13-41)60-54-25-22-48(69-54)29-45-18-16-43(66-45)28-44-17-19-46(67-44)30-49-23-26-55(60)70-49;/h4-34H,35-36H2,1-3H3,(H5,65,66,67,68,69,70,71,72,73,74,75);/q;+2/p-2. The molecule has 4 aliphatic heterocycles. The fraction of sp³-hybridized carbons (Fsp3) is 0.0938. The van der Waals surface area contributed by atoms with Crippen LogP contribution in [0.5, 0.6) is 0 Å². The van der Waals surface area contributed by atoms with Gasteiger partial charge in [0, 0.05) is 68.5 Å². The van der Waals surface area contributed by atoms with Gasteiger partial charge in [0.2, 0.25) is 0 Å². The van der Waals surface area contributed by atoms with E-state index in [1.54, 1.807) is 12.1 Å². The number of carbonyl (C=O) groups is 2. The summed E-state index contributed by atoms with van der Waals surface area (Å²) in [4.78, 5) is 63.4. The van der Waals surface area contributed by atoms with Gasteiger partial charge in [0.05, 0.1) is 46.8 Å². The van der Waals surface area contributed by atoms with Crippen molar-refractivity contribution in [1.29, 1.82) is 0 Å². The zero-order valence-electron chi connectivity index (χ0n) is 42.4. The Bertz CT molecular complexity index is 4310. The number of nitrogens with zero attached hydrogens (tertiary/aromatic N) is 6. The van der Waals surface area contributed by atoms with Gasteiger partial charge >= 0.3 is 25.4 Å². The Hall–Kier alpha value is -9.32. The number of H-pyrrole nitrogens is 2. The molecule has 13 rings (SSSR count). The fourth-order valence-corrected chi connectivity index (χ4v) is 10.2. The first-order chi connectivity index (χ1) is 37.0. The van der Waals surface area contributed by atoms with E-state index in [0.29, 0.717) is 17.7 Å². The third kappa shape index (κ3) is 9.81. The Kier molecular flexibility index (Phi) is 12.5. The Morgan fingerprint density at radius 3 is 1.82 bits per heavy atom. The average molecular weight is 1060 g/mol. The molecule has 0 saturated carbocycles. The summed E-state index contributed by atoms with van der Waals surface area (Å²) in [5.74, 6) is -0.595. The Morgan fingerprint density at radius 2 is 1.13 bits per heavy atom. The normalized spacial score (nSPS) is 13.1. The first-order valence-corrected chi connectivity index (χ1v) is 25.1. The predicted molar refractivity (Wildman–Crippen MR) is 302 cm³/mol. The SMILES string of the molecule is COC(=O)c1ccc(-c2c3nc(cc4ccc(cc5nc(cc6[nH]c2cc6-c2ccc(CNC(=O)c6ccc(-c7c8nc(cc9ccc(cc%10nc(cc%11ccc7[n-]%11)C=C%10)[n-]9)C=C8)cc6)cc2)CC5(C)C)[nH]4)C=C3)cc1.[Zn+2]. The van der Waals surface area contributed by atoms with E-state index in [4.69, 9.17) is 34.6 Å². The number of benzene rings is 3. The summed E-state index contributed by atoms with van der Waals surface area (Å²) < 4.78 is 5.01. The summed E-state index contributed by atoms with van der Waals surface area (Å²) in [7, 11) is 1.38. The first kappa shape index (κ1) is 48.6. The monoisotopic (exact) mass is 1050 g/mol. The molecule has 0 aliphatic carbocycles. The van der Waals surface area contributed by atoms with Gasteiger partial charge in [0.25, 0.3) is 5.91 Å². The van der Waals surface area contributed by atoms with Gasteiger partial charge in [-0.15, -0.1) is 22.1 Å². The molecule has 16 bridgehead atoms. The molecule has 10 heterocycles. The third-order valence-electron chi connectivity index (χ3n) is 14.1. The maximum absolute atomic E-state index is 13.8. The predicted octanol–water partition coefficient (Wildman–Crippen LogP) is 12.9. The minimum Gasteiger partial charge on any atom is -0.658 e. The van der Waals surface area contributed by atoms with Crippen LogP contribution in [0.1, 0.15) is 85.7 Å². The van der Waals surface area contributed by atoms with Crippen LogP contribution in [0.2, 0.25) is 0 Å². The number of carbonyl (C=O) groups excluding carboxylic acids is 2.